The fourth-order valence-corrected chi connectivity index (χ4v) is 4.58. The zero-order chi connectivity index (χ0) is 24.2. The Morgan fingerprint density at radius 2 is 1.39 bits per heavy atom. The maximum absolute atomic E-state index is 12.6. The van der Waals surface area contributed by atoms with Gasteiger partial charge in [-0.05, 0) is 66.7 Å². The summed E-state index contributed by atoms with van der Waals surface area (Å²) in [4.78, 5) is 12.6. The number of hydrogen-bond acceptors (Lipinski definition) is 6. The Hall–Kier alpha value is -3.28. The predicted molar refractivity (Wildman–Crippen MR) is 128 cm³/mol. The molecule has 0 fully saturated rings. The molecule has 0 aromatic heterocycles. The molecule has 0 heterocycles. The predicted octanol–water partition coefficient (Wildman–Crippen LogP) is 3.77. The van der Waals surface area contributed by atoms with E-state index in [9.17, 15) is 21.6 Å². The third-order valence-corrected chi connectivity index (χ3v) is 6.61. The number of nitrogens with one attached hydrogen (secondary N) is 3. The average Bonchev–Trinajstić information content (AvgIpc) is 2.74. The fourth-order valence-electron chi connectivity index (χ4n) is 2.77. The van der Waals surface area contributed by atoms with Crippen LogP contribution in [-0.2, 0) is 20.0 Å². The molecule has 3 aromatic rings. The molecule has 9 nitrogen and oxygen atoms in total. The number of hydrogen-bond donors (Lipinski definition) is 3. The Kier molecular flexibility index (Phi) is 7.15. The normalized spacial score (nSPS) is 11.5. The number of carbonyl (C=O) groups excluding carboxylic acids is 1. The standard InChI is InChI=1S/C21H20ClN3O6S2/c1-31-17-8-3-15(4-9-17)25-33(29,30)18-10-5-14(6-11-18)23-21(26)19-13-16(7-12-20(19)22)24-32(2,27)28/h3-13,24-25H,1-2H3,(H,23,26). The molecule has 0 unspecified atom stereocenters. The van der Waals surface area contributed by atoms with Gasteiger partial charge in [0.15, 0.2) is 0 Å². The summed E-state index contributed by atoms with van der Waals surface area (Å²) >= 11 is 6.08. The number of sulfonamides is 2. The molecule has 0 aliphatic heterocycles. The zero-order valence-electron chi connectivity index (χ0n) is 17.5. The van der Waals surface area contributed by atoms with E-state index < -0.39 is 26.0 Å². The lowest BCUT2D eigenvalue weighted by Gasteiger charge is -2.11. The molecular weight excluding hydrogens is 490 g/mol. The van der Waals surface area contributed by atoms with Gasteiger partial charge in [0.05, 0.1) is 28.8 Å². The summed E-state index contributed by atoms with van der Waals surface area (Å²) in [5, 5.41) is 2.72. The monoisotopic (exact) mass is 509 g/mol. The maximum Gasteiger partial charge on any atom is 0.261 e. The maximum atomic E-state index is 12.6. The smallest absolute Gasteiger partial charge is 0.261 e. The minimum atomic E-state index is -3.85. The lowest BCUT2D eigenvalue weighted by molar-refractivity contribution is 0.102. The van der Waals surface area contributed by atoms with Crippen LogP contribution >= 0.6 is 11.6 Å². The Morgan fingerprint density at radius 3 is 1.97 bits per heavy atom. The molecule has 3 N–H and O–H groups in total. The second-order valence-corrected chi connectivity index (χ2v) is 10.7. The highest BCUT2D eigenvalue weighted by atomic mass is 35.5. The topological polar surface area (TPSA) is 131 Å². The number of ether oxygens (including phenoxy) is 1. The third-order valence-electron chi connectivity index (χ3n) is 4.28. The van der Waals surface area contributed by atoms with Gasteiger partial charge >= 0.3 is 0 Å². The van der Waals surface area contributed by atoms with Crippen LogP contribution in [0.3, 0.4) is 0 Å². The van der Waals surface area contributed by atoms with Crippen LogP contribution < -0.4 is 19.5 Å². The first kappa shape index (κ1) is 24.4. The first-order valence-electron chi connectivity index (χ1n) is 9.32. The SMILES string of the molecule is COc1ccc(NS(=O)(=O)c2ccc(NC(=O)c3cc(NS(C)(=O)=O)ccc3Cl)cc2)cc1. The van der Waals surface area contributed by atoms with Crippen LogP contribution in [0.25, 0.3) is 0 Å². The summed E-state index contributed by atoms with van der Waals surface area (Å²) < 4.78 is 57.8. The van der Waals surface area contributed by atoms with Gasteiger partial charge in [0, 0.05) is 17.1 Å². The molecule has 0 aliphatic rings. The summed E-state index contributed by atoms with van der Waals surface area (Å²) in [7, 11) is -5.87. The molecule has 0 atom stereocenters. The highest BCUT2D eigenvalue weighted by Gasteiger charge is 2.16. The van der Waals surface area contributed by atoms with Crippen LogP contribution in [0.4, 0.5) is 17.1 Å². The highest BCUT2D eigenvalue weighted by molar-refractivity contribution is 7.92. The Bertz CT molecular complexity index is 1370. The second-order valence-electron chi connectivity index (χ2n) is 6.88. The zero-order valence-corrected chi connectivity index (χ0v) is 19.9. The summed E-state index contributed by atoms with van der Waals surface area (Å²) in [6.45, 7) is 0. The number of carbonyl (C=O) groups is 1. The summed E-state index contributed by atoms with van der Waals surface area (Å²) in [5.74, 6) is -0.0000941. The fraction of sp³-hybridized carbons (Fsp3) is 0.0952. The van der Waals surface area contributed by atoms with Crippen LogP contribution in [0, 0.1) is 0 Å². The van der Waals surface area contributed by atoms with Gasteiger partial charge in [-0.3, -0.25) is 14.2 Å². The molecule has 0 bridgehead atoms. The van der Waals surface area contributed by atoms with Crippen molar-refractivity contribution < 1.29 is 26.4 Å². The number of methoxy groups -OCH3 is 1. The first-order valence-corrected chi connectivity index (χ1v) is 13.1. The molecule has 33 heavy (non-hydrogen) atoms. The van der Waals surface area contributed by atoms with Gasteiger partial charge in [-0.25, -0.2) is 16.8 Å². The number of anilines is 3. The molecule has 0 spiro atoms. The summed E-state index contributed by atoms with van der Waals surface area (Å²) in [5.41, 5.74) is 0.910. The largest absolute Gasteiger partial charge is 0.497 e. The van der Waals surface area contributed by atoms with Crippen molar-refractivity contribution >= 4 is 54.6 Å². The van der Waals surface area contributed by atoms with Crippen LogP contribution in [0.5, 0.6) is 5.75 Å². The number of rotatable bonds is 8. The quantitative estimate of drug-likeness (QED) is 0.423. The van der Waals surface area contributed by atoms with E-state index in [1.165, 1.54) is 49.6 Å². The van der Waals surface area contributed by atoms with Gasteiger partial charge in [-0.1, -0.05) is 11.6 Å². The number of amides is 1. The highest BCUT2D eigenvalue weighted by Crippen LogP contribution is 2.24. The van der Waals surface area contributed by atoms with Crippen molar-refractivity contribution in [1.82, 2.24) is 0 Å². The molecule has 3 aromatic carbocycles. The summed E-state index contributed by atoms with van der Waals surface area (Å²) in [6.07, 6.45) is 0.987. The van der Waals surface area contributed by atoms with Gasteiger partial charge in [0.2, 0.25) is 10.0 Å². The minimum absolute atomic E-state index is 0.00583. The van der Waals surface area contributed by atoms with E-state index in [0.29, 0.717) is 17.1 Å². The van der Waals surface area contributed by atoms with Crippen molar-refractivity contribution in [3.05, 3.63) is 77.3 Å². The van der Waals surface area contributed by atoms with Crippen LogP contribution in [0.15, 0.2) is 71.6 Å². The third kappa shape index (κ3) is 6.60. The van der Waals surface area contributed by atoms with Crippen molar-refractivity contribution in [2.24, 2.45) is 0 Å². The van der Waals surface area contributed by atoms with Gasteiger partial charge in [0.1, 0.15) is 5.75 Å². The molecule has 0 saturated heterocycles. The van der Waals surface area contributed by atoms with E-state index in [4.69, 9.17) is 16.3 Å². The van der Waals surface area contributed by atoms with E-state index in [-0.39, 0.29) is 21.2 Å². The molecule has 1 amide bonds. The van der Waals surface area contributed by atoms with Gasteiger partial charge in [0.25, 0.3) is 15.9 Å². The van der Waals surface area contributed by atoms with E-state index in [2.05, 4.69) is 14.8 Å². The van der Waals surface area contributed by atoms with Crippen molar-refractivity contribution in [3.8, 4) is 5.75 Å². The molecule has 3 rings (SSSR count). The average molecular weight is 510 g/mol. The van der Waals surface area contributed by atoms with Crippen molar-refractivity contribution in [2.45, 2.75) is 4.90 Å². The van der Waals surface area contributed by atoms with Crippen molar-refractivity contribution in [1.29, 1.82) is 0 Å². The second kappa shape index (κ2) is 9.69. The van der Waals surface area contributed by atoms with E-state index in [1.54, 1.807) is 24.3 Å². The van der Waals surface area contributed by atoms with E-state index >= 15 is 0 Å². The lowest BCUT2D eigenvalue weighted by atomic mass is 10.2. The molecule has 0 saturated carbocycles. The molecule has 12 heteroatoms. The van der Waals surface area contributed by atoms with Crippen LogP contribution in [-0.4, -0.2) is 36.1 Å². The molecular formula is C21H20ClN3O6S2. The first-order chi connectivity index (χ1) is 15.5. The van der Waals surface area contributed by atoms with Gasteiger partial charge < -0.3 is 10.1 Å². The van der Waals surface area contributed by atoms with Gasteiger partial charge in [-0.15, -0.1) is 0 Å². The Labute approximate surface area is 196 Å². The van der Waals surface area contributed by atoms with Crippen molar-refractivity contribution in [2.75, 3.05) is 28.1 Å². The Balaban J connectivity index is 1.73. The van der Waals surface area contributed by atoms with Crippen LogP contribution in [0.1, 0.15) is 10.4 Å². The molecule has 0 aliphatic carbocycles. The van der Waals surface area contributed by atoms with E-state index in [0.717, 1.165) is 6.26 Å². The van der Waals surface area contributed by atoms with Crippen LogP contribution in [0.2, 0.25) is 5.02 Å². The molecule has 0 radical (unpaired) electrons. The Morgan fingerprint density at radius 1 is 0.818 bits per heavy atom. The van der Waals surface area contributed by atoms with E-state index in [1.807, 2.05) is 0 Å². The molecule has 174 valence electrons. The number of benzene rings is 3. The summed E-state index contributed by atoms with van der Waals surface area (Å²) in [6, 6.07) is 16.0. The van der Waals surface area contributed by atoms with Crippen molar-refractivity contribution in [3.63, 3.8) is 0 Å². The number of halogens is 1. The van der Waals surface area contributed by atoms with Gasteiger partial charge in [-0.2, -0.15) is 0 Å². The minimum Gasteiger partial charge on any atom is -0.497 e. The lowest BCUT2D eigenvalue weighted by Crippen LogP contribution is -2.15.